The van der Waals surface area contributed by atoms with Crippen molar-refractivity contribution in [2.75, 3.05) is 0 Å². The Morgan fingerprint density at radius 3 is 2.53 bits per heavy atom. The average molecular weight is 202 g/mol. The lowest BCUT2D eigenvalue weighted by Crippen LogP contribution is -2.32. The van der Waals surface area contributed by atoms with E-state index in [-0.39, 0.29) is 5.78 Å². The van der Waals surface area contributed by atoms with Crippen LogP contribution in [0.2, 0.25) is 0 Å². The highest BCUT2D eigenvalue weighted by atomic mass is 16.3. The van der Waals surface area contributed by atoms with E-state index in [0.717, 1.165) is 0 Å². The summed E-state index contributed by atoms with van der Waals surface area (Å²) in [7, 11) is 0. The Balaban J connectivity index is 3.00. The normalized spacial score (nSPS) is 13.5. The monoisotopic (exact) mass is 202 g/mol. The summed E-state index contributed by atoms with van der Waals surface area (Å²) in [5, 5.41) is 9.88. The maximum atomic E-state index is 11.8. The first-order valence-corrected chi connectivity index (χ1v) is 4.78. The fourth-order valence-corrected chi connectivity index (χ4v) is 1.19. The van der Waals surface area contributed by atoms with Gasteiger partial charge in [0.15, 0.2) is 5.78 Å². The van der Waals surface area contributed by atoms with Crippen LogP contribution >= 0.6 is 0 Å². The van der Waals surface area contributed by atoms with Crippen molar-refractivity contribution in [1.29, 1.82) is 0 Å². The summed E-state index contributed by atoms with van der Waals surface area (Å²) in [6, 6.07) is 8.72. The second-order valence-corrected chi connectivity index (χ2v) is 3.44. The third-order valence-corrected chi connectivity index (χ3v) is 2.03. The molecule has 0 heterocycles. The smallest absolute Gasteiger partial charge is 0.198 e. The topological polar surface area (TPSA) is 37.3 Å². The molecule has 1 aromatic carbocycles. The van der Waals surface area contributed by atoms with Crippen molar-refractivity contribution in [3.63, 3.8) is 0 Å². The van der Waals surface area contributed by atoms with Crippen LogP contribution in [0.5, 0.6) is 0 Å². The van der Waals surface area contributed by atoms with Crippen LogP contribution in [-0.4, -0.2) is 16.5 Å². The van der Waals surface area contributed by atoms with Crippen molar-refractivity contribution in [1.82, 2.24) is 0 Å². The molecule has 15 heavy (non-hydrogen) atoms. The first-order chi connectivity index (χ1) is 7.08. The van der Waals surface area contributed by atoms with Gasteiger partial charge in [0.2, 0.25) is 0 Å². The van der Waals surface area contributed by atoms with Crippen molar-refractivity contribution in [2.45, 2.75) is 19.4 Å². The second-order valence-electron chi connectivity index (χ2n) is 3.44. The number of carbonyl (C=O) groups excluding carboxylic acids is 1. The molecular formula is C13H14O2. The summed E-state index contributed by atoms with van der Waals surface area (Å²) in [6.45, 7) is 3.23. The predicted octanol–water partition coefficient (Wildman–Crippen LogP) is 2.35. The lowest BCUT2D eigenvalue weighted by atomic mass is 9.95. The zero-order chi connectivity index (χ0) is 11.3. The Kier molecular flexibility index (Phi) is 3.62. The van der Waals surface area contributed by atoms with Gasteiger partial charge in [0.05, 0.1) is 0 Å². The fourth-order valence-electron chi connectivity index (χ4n) is 1.19. The van der Waals surface area contributed by atoms with Gasteiger partial charge in [-0.05, 0) is 26.0 Å². The third kappa shape index (κ3) is 2.91. The van der Waals surface area contributed by atoms with Crippen LogP contribution in [0.15, 0.2) is 48.2 Å². The van der Waals surface area contributed by atoms with Crippen molar-refractivity contribution < 1.29 is 9.90 Å². The van der Waals surface area contributed by atoms with E-state index >= 15 is 0 Å². The summed E-state index contributed by atoms with van der Waals surface area (Å²) in [6.07, 6.45) is 3.01. The number of aliphatic hydroxyl groups is 1. The van der Waals surface area contributed by atoms with E-state index < -0.39 is 5.60 Å². The number of Topliss-reactive ketones (excluding diaryl/α,β-unsaturated/α-hetero) is 1. The molecule has 2 nitrogen and oxygen atoms in total. The molecule has 0 aliphatic heterocycles. The van der Waals surface area contributed by atoms with Gasteiger partial charge in [0, 0.05) is 5.56 Å². The van der Waals surface area contributed by atoms with E-state index in [1.165, 1.54) is 13.0 Å². The van der Waals surface area contributed by atoms with E-state index in [0.29, 0.717) is 5.56 Å². The van der Waals surface area contributed by atoms with E-state index in [2.05, 4.69) is 5.73 Å². The summed E-state index contributed by atoms with van der Waals surface area (Å²) in [4.78, 5) is 11.8. The molecule has 0 unspecified atom stereocenters. The maximum Gasteiger partial charge on any atom is 0.198 e. The first kappa shape index (κ1) is 11.4. The summed E-state index contributed by atoms with van der Waals surface area (Å²) >= 11 is 0. The summed E-state index contributed by atoms with van der Waals surface area (Å²) in [5.74, 6) is -0.322. The SMILES string of the molecule is CC=C=C[C@](C)(O)C(=O)c1ccccc1. The number of benzene rings is 1. The molecule has 78 valence electrons. The Morgan fingerprint density at radius 1 is 1.40 bits per heavy atom. The highest BCUT2D eigenvalue weighted by Gasteiger charge is 2.27. The average Bonchev–Trinajstić information content (AvgIpc) is 2.26. The molecule has 1 rings (SSSR count). The third-order valence-electron chi connectivity index (χ3n) is 2.03. The molecular weight excluding hydrogens is 188 g/mol. The van der Waals surface area contributed by atoms with Gasteiger partial charge in [0.1, 0.15) is 5.60 Å². The molecule has 0 saturated carbocycles. The minimum Gasteiger partial charge on any atom is -0.377 e. The van der Waals surface area contributed by atoms with Gasteiger partial charge in [-0.2, -0.15) is 0 Å². The van der Waals surface area contributed by atoms with Crippen LogP contribution in [0.25, 0.3) is 0 Å². The molecule has 1 N–H and O–H groups in total. The van der Waals surface area contributed by atoms with Crippen LogP contribution in [0, 0.1) is 0 Å². The quantitative estimate of drug-likeness (QED) is 0.603. The van der Waals surface area contributed by atoms with Gasteiger partial charge in [-0.15, -0.1) is 5.73 Å². The molecule has 1 atom stereocenters. The van der Waals surface area contributed by atoms with Crippen molar-refractivity contribution in [2.24, 2.45) is 0 Å². The van der Waals surface area contributed by atoms with Crippen LogP contribution in [0.4, 0.5) is 0 Å². The fraction of sp³-hybridized carbons (Fsp3) is 0.231. The Bertz CT molecular complexity index is 396. The summed E-state index contributed by atoms with van der Waals surface area (Å²) < 4.78 is 0. The van der Waals surface area contributed by atoms with E-state index in [4.69, 9.17) is 0 Å². The molecule has 0 aliphatic rings. The summed E-state index contributed by atoms with van der Waals surface area (Å²) in [5.41, 5.74) is 1.72. The highest BCUT2D eigenvalue weighted by Crippen LogP contribution is 2.14. The number of carbonyl (C=O) groups is 1. The van der Waals surface area contributed by atoms with E-state index in [1.807, 2.05) is 6.07 Å². The molecule has 0 amide bonds. The Hall–Kier alpha value is -1.63. The second kappa shape index (κ2) is 4.74. The van der Waals surface area contributed by atoms with Gasteiger partial charge in [-0.25, -0.2) is 0 Å². The standard InChI is InChI=1S/C13H14O2/c1-3-4-10-13(2,15)12(14)11-8-6-5-7-9-11/h3,5-10,15H,1-2H3/t4?,13-/m0/s1. The molecule has 0 bridgehead atoms. The molecule has 0 aliphatic carbocycles. The number of ketones is 1. The molecule has 2 heteroatoms. The first-order valence-electron chi connectivity index (χ1n) is 4.78. The minimum absolute atomic E-state index is 0.322. The van der Waals surface area contributed by atoms with Crippen LogP contribution < -0.4 is 0 Å². The lowest BCUT2D eigenvalue weighted by Gasteiger charge is -2.15. The van der Waals surface area contributed by atoms with E-state index in [9.17, 15) is 9.90 Å². The molecule has 0 fully saturated rings. The van der Waals surface area contributed by atoms with Crippen molar-refractivity contribution in [3.05, 3.63) is 53.8 Å². The predicted molar refractivity (Wildman–Crippen MR) is 59.7 cm³/mol. The molecule has 0 spiro atoms. The number of hydrogen-bond acceptors (Lipinski definition) is 2. The Morgan fingerprint density at radius 2 is 2.00 bits per heavy atom. The Labute approximate surface area is 89.6 Å². The molecule has 0 radical (unpaired) electrons. The zero-order valence-corrected chi connectivity index (χ0v) is 8.90. The van der Waals surface area contributed by atoms with E-state index in [1.54, 1.807) is 37.3 Å². The molecule has 1 aromatic rings. The highest BCUT2D eigenvalue weighted by molar-refractivity contribution is 6.03. The van der Waals surface area contributed by atoms with Crippen molar-refractivity contribution >= 4 is 5.78 Å². The van der Waals surface area contributed by atoms with Crippen LogP contribution in [-0.2, 0) is 0 Å². The lowest BCUT2D eigenvalue weighted by molar-refractivity contribution is 0.0592. The number of rotatable bonds is 3. The maximum absolute atomic E-state index is 11.8. The van der Waals surface area contributed by atoms with Crippen LogP contribution in [0.3, 0.4) is 0 Å². The van der Waals surface area contributed by atoms with Gasteiger partial charge in [-0.3, -0.25) is 4.79 Å². The number of hydrogen-bond donors (Lipinski definition) is 1. The van der Waals surface area contributed by atoms with Gasteiger partial charge < -0.3 is 5.11 Å². The van der Waals surface area contributed by atoms with Gasteiger partial charge in [-0.1, -0.05) is 30.3 Å². The molecule has 0 saturated heterocycles. The van der Waals surface area contributed by atoms with Gasteiger partial charge >= 0.3 is 0 Å². The minimum atomic E-state index is -1.49. The van der Waals surface area contributed by atoms with Crippen LogP contribution in [0.1, 0.15) is 24.2 Å². The van der Waals surface area contributed by atoms with Gasteiger partial charge in [0.25, 0.3) is 0 Å². The largest absolute Gasteiger partial charge is 0.377 e. The van der Waals surface area contributed by atoms with Crippen molar-refractivity contribution in [3.8, 4) is 0 Å². The molecule has 0 aromatic heterocycles. The zero-order valence-electron chi connectivity index (χ0n) is 8.90.